The average Bonchev–Trinajstić information content (AvgIpc) is 2.93. The third-order valence-corrected chi connectivity index (χ3v) is 5.14. The van der Waals surface area contributed by atoms with Crippen LogP contribution in [0.25, 0.3) is 10.2 Å². The number of rotatable bonds is 4. The number of hydrogen-bond acceptors (Lipinski definition) is 2. The molecule has 3 aromatic rings. The number of aryl methyl sites for hydroxylation is 2. The van der Waals surface area contributed by atoms with Gasteiger partial charge in [0.15, 0.2) is 4.80 Å². The van der Waals surface area contributed by atoms with Crippen molar-refractivity contribution in [1.82, 2.24) is 4.57 Å². The summed E-state index contributed by atoms with van der Waals surface area (Å²) in [5.41, 5.74) is 4.44. The molecule has 1 heterocycles. The Morgan fingerprint density at radius 2 is 1.92 bits per heavy atom. The highest BCUT2D eigenvalue weighted by Crippen LogP contribution is 2.19. The van der Waals surface area contributed by atoms with Gasteiger partial charge in [0.25, 0.3) is 5.91 Å². The predicted molar refractivity (Wildman–Crippen MR) is 103 cm³/mol. The van der Waals surface area contributed by atoms with Gasteiger partial charge >= 0.3 is 0 Å². The summed E-state index contributed by atoms with van der Waals surface area (Å²) in [6.45, 7) is 4.56. The normalized spacial score (nSPS) is 11.6. The van der Waals surface area contributed by atoms with Crippen LogP contribution in [0.5, 0.6) is 0 Å². The van der Waals surface area contributed by atoms with Gasteiger partial charge in [-0.15, -0.1) is 6.42 Å². The van der Waals surface area contributed by atoms with Crippen molar-refractivity contribution >= 4 is 27.5 Å². The Kier molecular flexibility index (Phi) is 5.16. The first kappa shape index (κ1) is 17.2. The molecular formula is C21H20N2OS. The lowest BCUT2D eigenvalue weighted by Crippen LogP contribution is -2.17. The summed E-state index contributed by atoms with van der Waals surface area (Å²) in [6, 6.07) is 14.3. The number of amides is 1. The molecule has 25 heavy (non-hydrogen) atoms. The second kappa shape index (κ2) is 7.50. The van der Waals surface area contributed by atoms with Gasteiger partial charge in [0.1, 0.15) is 0 Å². The zero-order chi connectivity index (χ0) is 17.8. The lowest BCUT2D eigenvalue weighted by atomic mass is 10.1. The molecule has 3 nitrogen and oxygen atoms in total. The molecule has 2 aromatic carbocycles. The van der Waals surface area contributed by atoms with Crippen LogP contribution in [0.4, 0.5) is 0 Å². The van der Waals surface area contributed by atoms with Gasteiger partial charge in [-0.3, -0.25) is 4.79 Å². The van der Waals surface area contributed by atoms with E-state index < -0.39 is 0 Å². The first-order valence-electron chi connectivity index (χ1n) is 8.29. The average molecular weight is 348 g/mol. The van der Waals surface area contributed by atoms with Crippen molar-refractivity contribution in [2.24, 2.45) is 4.99 Å². The number of hydrogen-bond donors (Lipinski definition) is 0. The molecule has 0 N–H and O–H groups in total. The summed E-state index contributed by atoms with van der Waals surface area (Å²) >= 11 is 1.51. The van der Waals surface area contributed by atoms with Crippen LogP contribution in [0.3, 0.4) is 0 Å². The smallest absolute Gasteiger partial charge is 0.252 e. The van der Waals surface area contributed by atoms with Gasteiger partial charge in [0, 0.05) is 0 Å². The number of benzene rings is 2. The standard InChI is InChI=1S/C21H20N2OS/c1-4-12-23-18-11-10-16(5-2)13-19(18)25-21(23)22-20(24)14-17-8-6-15(3)7-9-17/h1,6-11,13H,5,12,14H2,2-3H3. The van der Waals surface area contributed by atoms with Gasteiger partial charge < -0.3 is 4.57 Å². The number of fused-ring (bicyclic) bond motifs is 1. The maximum atomic E-state index is 12.4. The highest BCUT2D eigenvalue weighted by molar-refractivity contribution is 7.16. The highest BCUT2D eigenvalue weighted by Gasteiger charge is 2.08. The highest BCUT2D eigenvalue weighted by atomic mass is 32.1. The van der Waals surface area contributed by atoms with Gasteiger partial charge in [-0.25, -0.2) is 0 Å². The summed E-state index contributed by atoms with van der Waals surface area (Å²) in [5, 5.41) is 0. The van der Waals surface area contributed by atoms with E-state index in [0.29, 0.717) is 17.8 Å². The molecule has 0 aliphatic heterocycles. The van der Waals surface area contributed by atoms with Crippen LogP contribution >= 0.6 is 11.3 Å². The number of terminal acetylenes is 1. The van der Waals surface area contributed by atoms with Crippen molar-refractivity contribution in [3.05, 3.63) is 64.0 Å². The number of thiazole rings is 1. The Morgan fingerprint density at radius 1 is 1.20 bits per heavy atom. The minimum absolute atomic E-state index is 0.156. The van der Waals surface area contributed by atoms with Gasteiger partial charge in [0.05, 0.1) is 23.2 Å². The van der Waals surface area contributed by atoms with Crippen LogP contribution in [0, 0.1) is 19.3 Å². The summed E-state index contributed by atoms with van der Waals surface area (Å²) in [7, 11) is 0. The van der Waals surface area contributed by atoms with Crippen LogP contribution in [0.2, 0.25) is 0 Å². The van der Waals surface area contributed by atoms with E-state index in [4.69, 9.17) is 6.42 Å². The first-order valence-corrected chi connectivity index (χ1v) is 9.11. The molecule has 0 aliphatic rings. The third-order valence-electron chi connectivity index (χ3n) is 4.10. The predicted octanol–water partition coefficient (Wildman–Crippen LogP) is 3.88. The van der Waals surface area contributed by atoms with E-state index in [1.165, 1.54) is 22.5 Å². The molecule has 0 saturated carbocycles. The number of nitrogens with zero attached hydrogens (tertiary/aromatic N) is 2. The Hall–Kier alpha value is -2.64. The Bertz CT molecular complexity index is 1020. The SMILES string of the molecule is C#CCn1c(=NC(=O)Cc2ccc(C)cc2)sc2cc(CC)ccc21. The van der Waals surface area contributed by atoms with Gasteiger partial charge in [-0.05, 0) is 36.6 Å². The lowest BCUT2D eigenvalue weighted by Gasteiger charge is -2.01. The van der Waals surface area contributed by atoms with Crippen molar-refractivity contribution in [3.8, 4) is 12.3 Å². The second-order valence-electron chi connectivity index (χ2n) is 6.00. The van der Waals surface area contributed by atoms with Crippen LogP contribution in [-0.2, 0) is 24.2 Å². The largest absolute Gasteiger partial charge is 0.305 e. The quantitative estimate of drug-likeness (QED) is 0.659. The van der Waals surface area contributed by atoms with Gasteiger partial charge in [0.2, 0.25) is 0 Å². The zero-order valence-corrected chi connectivity index (χ0v) is 15.3. The fraction of sp³-hybridized carbons (Fsp3) is 0.238. The molecule has 0 spiro atoms. The minimum Gasteiger partial charge on any atom is -0.305 e. The molecule has 0 bridgehead atoms. The summed E-state index contributed by atoms with van der Waals surface area (Å²) in [6.07, 6.45) is 6.78. The van der Waals surface area contributed by atoms with E-state index in [1.807, 2.05) is 35.8 Å². The topological polar surface area (TPSA) is 34.4 Å². The molecule has 0 saturated heterocycles. The fourth-order valence-electron chi connectivity index (χ4n) is 2.69. The molecule has 0 unspecified atom stereocenters. The lowest BCUT2D eigenvalue weighted by molar-refractivity contribution is -0.117. The Morgan fingerprint density at radius 3 is 2.60 bits per heavy atom. The van der Waals surface area contributed by atoms with E-state index in [-0.39, 0.29) is 5.91 Å². The maximum Gasteiger partial charge on any atom is 0.252 e. The van der Waals surface area contributed by atoms with Gasteiger partial charge in [-0.1, -0.05) is 60.1 Å². The van der Waals surface area contributed by atoms with E-state index in [2.05, 4.69) is 36.0 Å². The molecule has 1 aromatic heterocycles. The number of carbonyl (C=O) groups excluding carboxylic acids is 1. The Labute approximate surface area is 151 Å². The van der Waals surface area contributed by atoms with E-state index in [9.17, 15) is 4.79 Å². The summed E-state index contributed by atoms with van der Waals surface area (Å²) in [5.74, 6) is 2.50. The molecule has 3 rings (SSSR count). The number of aromatic nitrogens is 1. The van der Waals surface area contributed by atoms with Crippen molar-refractivity contribution in [1.29, 1.82) is 0 Å². The van der Waals surface area contributed by atoms with Crippen LogP contribution in [0.15, 0.2) is 47.5 Å². The molecule has 0 radical (unpaired) electrons. The Balaban J connectivity index is 1.99. The van der Waals surface area contributed by atoms with Crippen LogP contribution in [0.1, 0.15) is 23.6 Å². The fourth-order valence-corrected chi connectivity index (χ4v) is 3.80. The maximum absolute atomic E-state index is 12.4. The molecule has 4 heteroatoms. The van der Waals surface area contributed by atoms with Crippen LogP contribution < -0.4 is 4.80 Å². The van der Waals surface area contributed by atoms with E-state index in [1.54, 1.807) is 0 Å². The molecule has 0 aliphatic carbocycles. The van der Waals surface area contributed by atoms with Crippen molar-refractivity contribution in [2.45, 2.75) is 33.2 Å². The van der Waals surface area contributed by atoms with Crippen molar-refractivity contribution < 1.29 is 4.79 Å². The van der Waals surface area contributed by atoms with Gasteiger partial charge in [-0.2, -0.15) is 4.99 Å². The minimum atomic E-state index is -0.156. The number of carbonyl (C=O) groups is 1. The van der Waals surface area contributed by atoms with Crippen molar-refractivity contribution in [2.75, 3.05) is 0 Å². The molecule has 1 amide bonds. The first-order chi connectivity index (χ1) is 12.1. The summed E-state index contributed by atoms with van der Waals surface area (Å²) in [4.78, 5) is 17.4. The van der Waals surface area contributed by atoms with E-state index >= 15 is 0 Å². The molecule has 0 fully saturated rings. The molecule has 126 valence electrons. The monoisotopic (exact) mass is 348 g/mol. The third kappa shape index (κ3) is 3.89. The summed E-state index contributed by atoms with van der Waals surface area (Å²) < 4.78 is 3.04. The molecular weight excluding hydrogens is 328 g/mol. The van der Waals surface area contributed by atoms with E-state index in [0.717, 1.165) is 22.2 Å². The second-order valence-corrected chi connectivity index (χ2v) is 7.01. The van der Waals surface area contributed by atoms with Crippen LogP contribution in [-0.4, -0.2) is 10.5 Å². The molecule has 0 atom stereocenters. The van der Waals surface area contributed by atoms with Crippen molar-refractivity contribution in [3.63, 3.8) is 0 Å². The zero-order valence-electron chi connectivity index (χ0n) is 14.5.